The van der Waals surface area contributed by atoms with Crippen molar-refractivity contribution in [3.8, 4) is 11.5 Å². The van der Waals surface area contributed by atoms with Crippen LogP contribution in [0.5, 0.6) is 11.5 Å². The van der Waals surface area contributed by atoms with Crippen molar-refractivity contribution in [1.82, 2.24) is 10.2 Å². The average molecular weight is 658 g/mol. The highest BCUT2D eigenvalue weighted by molar-refractivity contribution is 7.92. The number of anilines is 1. The minimum Gasteiger partial charge on any atom is -0.493 e. The van der Waals surface area contributed by atoms with Crippen molar-refractivity contribution in [2.75, 3.05) is 25.1 Å². The fourth-order valence-electron chi connectivity index (χ4n) is 5.19. The topological polar surface area (TPSA) is 105 Å². The fraction of sp³-hybridized carbons (Fsp3) is 0.297. The van der Waals surface area contributed by atoms with E-state index >= 15 is 0 Å². The number of methoxy groups -OCH3 is 2. The van der Waals surface area contributed by atoms with Crippen LogP contribution in [0.25, 0.3) is 0 Å². The molecule has 248 valence electrons. The molecule has 4 aromatic rings. The smallest absolute Gasteiger partial charge is 0.264 e. The molecule has 1 N–H and O–H groups in total. The van der Waals surface area contributed by atoms with Gasteiger partial charge in [-0.15, -0.1) is 0 Å². The number of hydrogen-bond donors (Lipinski definition) is 1. The summed E-state index contributed by atoms with van der Waals surface area (Å²) in [7, 11) is -1.31. The van der Waals surface area contributed by atoms with Crippen LogP contribution in [-0.2, 0) is 32.6 Å². The zero-order chi connectivity index (χ0) is 34.0. The largest absolute Gasteiger partial charge is 0.493 e. The Labute approximate surface area is 278 Å². The van der Waals surface area contributed by atoms with E-state index in [0.29, 0.717) is 17.9 Å². The second-order valence-electron chi connectivity index (χ2n) is 11.3. The summed E-state index contributed by atoms with van der Waals surface area (Å²) in [6, 6.07) is 28.7. The summed E-state index contributed by atoms with van der Waals surface area (Å²) < 4.78 is 40.4. The fourth-order valence-corrected chi connectivity index (χ4v) is 6.62. The van der Waals surface area contributed by atoms with Gasteiger partial charge in [0.15, 0.2) is 11.5 Å². The van der Waals surface area contributed by atoms with Crippen LogP contribution in [0.1, 0.15) is 37.0 Å². The lowest BCUT2D eigenvalue weighted by Gasteiger charge is -2.34. The third-order valence-corrected chi connectivity index (χ3v) is 9.93. The number of nitrogens with one attached hydrogen (secondary N) is 1. The number of aryl methyl sites for hydroxylation is 1. The Kier molecular flexibility index (Phi) is 12.0. The van der Waals surface area contributed by atoms with Gasteiger partial charge in [-0.05, 0) is 61.2 Å². The first kappa shape index (κ1) is 35.0. The summed E-state index contributed by atoms with van der Waals surface area (Å²) in [6.07, 6.45) is 0.945. The number of carbonyl (C=O) groups is 2. The highest BCUT2D eigenvalue weighted by Crippen LogP contribution is 2.34. The number of sulfonamides is 1. The third kappa shape index (κ3) is 8.71. The zero-order valence-electron chi connectivity index (χ0n) is 27.6. The van der Waals surface area contributed by atoms with Gasteiger partial charge in [0.25, 0.3) is 10.0 Å². The molecule has 4 rings (SSSR count). The Morgan fingerprint density at radius 2 is 1.45 bits per heavy atom. The number of ether oxygens (including phenoxy) is 2. The van der Waals surface area contributed by atoms with Crippen molar-refractivity contribution in [1.29, 1.82) is 0 Å². The van der Waals surface area contributed by atoms with Gasteiger partial charge in [0.05, 0.1) is 24.8 Å². The first-order valence-electron chi connectivity index (χ1n) is 15.6. The molecule has 9 nitrogen and oxygen atoms in total. The molecule has 0 aliphatic heterocycles. The van der Waals surface area contributed by atoms with Gasteiger partial charge >= 0.3 is 0 Å². The number of carbonyl (C=O) groups excluding carboxylic acids is 2. The molecule has 0 aliphatic rings. The summed E-state index contributed by atoms with van der Waals surface area (Å²) >= 11 is 0. The van der Waals surface area contributed by atoms with E-state index in [4.69, 9.17) is 9.47 Å². The van der Waals surface area contributed by atoms with Crippen LogP contribution in [0.4, 0.5) is 5.69 Å². The molecule has 0 spiro atoms. The molecule has 0 bridgehead atoms. The summed E-state index contributed by atoms with van der Waals surface area (Å²) in [6.45, 7) is 5.36. The first-order chi connectivity index (χ1) is 22.6. The van der Waals surface area contributed by atoms with Gasteiger partial charge in [0, 0.05) is 25.1 Å². The molecule has 2 amide bonds. The predicted octanol–water partition coefficient (Wildman–Crippen LogP) is 5.76. The normalized spacial score (nSPS) is 12.4. The van der Waals surface area contributed by atoms with E-state index in [9.17, 15) is 18.0 Å². The lowest BCUT2D eigenvalue weighted by Crippen LogP contribution is -2.54. The molecular weight excluding hydrogens is 614 g/mol. The van der Waals surface area contributed by atoms with Crippen molar-refractivity contribution in [2.24, 2.45) is 0 Å². The minimum atomic E-state index is -4.25. The Morgan fingerprint density at radius 3 is 2.06 bits per heavy atom. The molecule has 0 saturated heterocycles. The SMILES string of the molecule is CC[C@@H](C)NC(=O)[C@H](Cc1ccccc1)N(Cc1ccccc1C)C(=O)CN(c1ccc(OC)c(OC)c1)S(=O)(=O)c1ccccc1. The lowest BCUT2D eigenvalue weighted by atomic mass is 10.0. The molecule has 10 heteroatoms. The summed E-state index contributed by atoms with van der Waals surface area (Å²) in [4.78, 5) is 30.2. The monoisotopic (exact) mass is 657 g/mol. The number of benzene rings is 4. The molecule has 0 saturated carbocycles. The lowest BCUT2D eigenvalue weighted by molar-refractivity contribution is -0.140. The van der Waals surface area contributed by atoms with E-state index in [1.807, 2.05) is 75.4 Å². The average Bonchev–Trinajstić information content (AvgIpc) is 3.09. The van der Waals surface area contributed by atoms with Crippen LogP contribution in [0, 0.1) is 6.92 Å². The molecule has 47 heavy (non-hydrogen) atoms. The van der Waals surface area contributed by atoms with Gasteiger partial charge in [-0.2, -0.15) is 0 Å². The van der Waals surface area contributed by atoms with Crippen LogP contribution in [-0.4, -0.2) is 58.0 Å². The van der Waals surface area contributed by atoms with Crippen LogP contribution in [0.3, 0.4) is 0 Å². The van der Waals surface area contributed by atoms with E-state index < -0.39 is 28.5 Å². The second kappa shape index (κ2) is 16.1. The number of hydrogen-bond acceptors (Lipinski definition) is 6. The van der Waals surface area contributed by atoms with Crippen LogP contribution in [0.15, 0.2) is 108 Å². The summed E-state index contributed by atoms with van der Waals surface area (Å²) in [5.41, 5.74) is 2.87. The Hall–Kier alpha value is -4.83. The maximum atomic E-state index is 14.7. The molecule has 0 heterocycles. The Morgan fingerprint density at radius 1 is 0.830 bits per heavy atom. The molecular formula is C37H43N3O6S. The van der Waals surface area contributed by atoms with Crippen molar-refractivity contribution in [3.63, 3.8) is 0 Å². The first-order valence-corrected chi connectivity index (χ1v) is 17.0. The van der Waals surface area contributed by atoms with Gasteiger partial charge in [-0.3, -0.25) is 13.9 Å². The quantitative estimate of drug-likeness (QED) is 0.174. The van der Waals surface area contributed by atoms with Crippen molar-refractivity contribution >= 4 is 27.5 Å². The highest BCUT2D eigenvalue weighted by atomic mass is 32.2. The van der Waals surface area contributed by atoms with Crippen molar-refractivity contribution in [2.45, 2.75) is 57.1 Å². The van der Waals surface area contributed by atoms with Crippen molar-refractivity contribution < 1.29 is 27.5 Å². The van der Waals surface area contributed by atoms with Gasteiger partial charge in [-0.25, -0.2) is 8.42 Å². The number of nitrogens with zero attached hydrogens (tertiary/aromatic N) is 2. The third-order valence-electron chi connectivity index (χ3n) is 8.14. The second-order valence-corrected chi connectivity index (χ2v) is 13.2. The Bertz CT molecular complexity index is 1750. The van der Waals surface area contributed by atoms with Crippen LogP contribution >= 0.6 is 0 Å². The maximum Gasteiger partial charge on any atom is 0.264 e. The minimum absolute atomic E-state index is 0.0170. The molecule has 0 unspecified atom stereocenters. The van der Waals surface area contributed by atoms with Crippen LogP contribution in [0.2, 0.25) is 0 Å². The van der Waals surface area contributed by atoms with Gasteiger partial charge in [0.1, 0.15) is 12.6 Å². The molecule has 0 fully saturated rings. The standard InChI is InChI=1S/C37H43N3O6S/c1-6-28(3)38-37(42)33(23-29-16-9-7-10-17-29)39(25-30-18-14-13-15-27(30)2)36(41)26-40(47(43,44)32-19-11-8-12-20-32)31-21-22-34(45-4)35(24-31)46-5/h7-22,24,28,33H,6,23,25-26H2,1-5H3,(H,38,42)/t28-,33+/m1/s1. The van der Waals surface area contributed by atoms with Gasteiger partial charge in [0.2, 0.25) is 11.8 Å². The molecule has 4 aromatic carbocycles. The Balaban J connectivity index is 1.85. The van der Waals surface area contributed by atoms with Gasteiger partial charge in [-0.1, -0.05) is 79.7 Å². The molecule has 0 aromatic heterocycles. The van der Waals surface area contributed by atoms with E-state index in [-0.39, 0.29) is 35.5 Å². The zero-order valence-corrected chi connectivity index (χ0v) is 28.4. The molecule has 0 aliphatic carbocycles. The van der Waals surface area contributed by atoms with Crippen molar-refractivity contribution in [3.05, 3.63) is 120 Å². The molecule has 2 atom stereocenters. The highest BCUT2D eigenvalue weighted by Gasteiger charge is 2.35. The maximum absolute atomic E-state index is 14.7. The van der Waals surface area contributed by atoms with E-state index in [0.717, 1.165) is 21.0 Å². The molecule has 0 radical (unpaired) electrons. The van der Waals surface area contributed by atoms with Crippen LogP contribution < -0.4 is 19.1 Å². The van der Waals surface area contributed by atoms with E-state index in [1.165, 1.54) is 37.3 Å². The summed E-state index contributed by atoms with van der Waals surface area (Å²) in [5.74, 6) is -0.140. The van der Waals surface area contributed by atoms with E-state index in [1.54, 1.807) is 30.3 Å². The van der Waals surface area contributed by atoms with Gasteiger partial charge < -0.3 is 19.7 Å². The summed E-state index contributed by atoms with van der Waals surface area (Å²) in [5, 5.41) is 3.06. The predicted molar refractivity (Wildman–Crippen MR) is 184 cm³/mol. The number of rotatable bonds is 15. The number of amides is 2. The van der Waals surface area contributed by atoms with E-state index in [2.05, 4.69) is 5.32 Å².